The van der Waals surface area contributed by atoms with Crippen LogP contribution in [0.5, 0.6) is 0 Å². The first-order valence-corrected chi connectivity index (χ1v) is 7.28. The first-order chi connectivity index (χ1) is 7.98. The van der Waals surface area contributed by atoms with Crippen molar-refractivity contribution in [3.63, 3.8) is 0 Å². The van der Waals surface area contributed by atoms with Gasteiger partial charge in [-0.2, -0.15) is 0 Å². The zero-order valence-corrected chi connectivity index (χ0v) is 11.7. The molecule has 0 N–H and O–H groups in total. The molecule has 0 saturated heterocycles. The lowest BCUT2D eigenvalue weighted by molar-refractivity contribution is -0.133. The number of alkyl halides is 1. The Morgan fingerprint density at radius 2 is 2.24 bits per heavy atom. The minimum absolute atomic E-state index is 0.236. The molecule has 2 heteroatoms. The molecule has 96 valence electrons. The number of fused-ring (bicyclic) bond motifs is 1. The molecule has 0 unspecified atom stereocenters. The molecule has 2 aliphatic rings. The van der Waals surface area contributed by atoms with Gasteiger partial charge in [-0.3, -0.25) is 4.79 Å². The van der Waals surface area contributed by atoms with Gasteiger partial charge >= 0.3 is 0 Å². The van der Waals surface area contributed by atoms with E-state index in [2.05, 4.69) is 20.4 Å². The lowest BCUT2D eigenvalue weighted by Gasteiger charge is -2.50. The van der Waals surface area contributed by atoms with Crippen molar-refractivity contribution in [2.45, 2.75) is 46.0 Å². The molecule has 0 aromatic rings. The van der Waals surface area contributed by atoms with E-state index < -0.39 is 0 Å². The summed E-state index contributed by atoms with van der Waals surface area (Å²) in [5, 5.41) is 0. The van der Waals surface area contributed by atoms with Crippen LogP contribution < -0.4 is 0 Å². The zero-order valence-electron chi connectivity index (χ0n) is 11.0. The van der Waals surface area contributed by atoms with Crippen molar-refractivity contribution in [1.29, 1.82) is 0 Å². The molecule has 17 heavy (non-hydrogen) atoms. The highest BCUT2D eigenvalue weighted by Crippen LogP contribution is 2.53. The number of carbonyl (C=O) groups is 1. The predicted octanol–water partition coefficient (Wildman–Crippen LogP) is 4.20. The number of halogens is 1. The third-order valence-corrected chi connectivity index (χ3v) is 5.64. The van der Waals surface area contributed by atoms with Crippen LogP contribution in [-0.2, 0) is 4.79 Å². The topological polar surface area (TPSA) is 17.1 Å². The van der Waals surface area contributed by atoms with Crippen LogP contribution in [0.2, 0.25) is 0 Å². The third-order valence-electron chi connectivity index (χ3n) is 5.30. The number of rotatable bonds is 2. The van der Waals surface area contributed by atoms with Crippen molar-refractivity contribution in [1.82, 2.24) is 0 Å². The quantitative estimate of drug-likeness (QED) is 0.533. The second-order valence-corrected chi connectivity index (χ2v) is 6.55. The molecule has 1 nitrogen and oxygen atoms in total. The zero-order chi connectivity index (χ0) is 12.6. The summed E-state index contributed by atoms with van der Waals surface area (Å²) in [6.07, 6.45) is 5.43. The normalized spacial score (nSPS) is 42.1. The van der Waals surface area contributed by atoms with E-state index in [4.69, 9.17) is 11.6 Å². The number of ketones is 1. The molecule has 0 aromatic carbocycles. The molecule has 0 amide bonds. The second-order valence-electron chi connectivity index (χ2n) is 6.28. The standard InChI is InChI=1S/C15H23ClO/c1-10(9-16)12-4-6-15(3)7-5-14(17)11(2)13(15)8-12/h11-13H,1,4-9H2,2-3H3/t11-,12+,13-,15-/m0/s1. The summed E-state index contributed by atoms with van der Waals surface area (Å²) in [5.41, 5.74) is 1.55. The van der Waals surface area contributed by atoms with Crippen LogP contribution in [0.3, 0.4) is 0 Å². The Kier molecular flexibility index (Phi) is 3.68. The van der Waals surface area contributed by atoms with Gasteiger partial charge in [-0.1, -0.05) is 26.0 Å². The molecule has 0 heterocycles. The van der Waals surface area contributed by atoms with Crippen molar-refractivity contribution in [3.8, 4) is 0 Å². The molecule has 0 aromatic heterocycles. The molecule has 2 saturated carbocycles. The Morgan fingerprint density at radius 1 is 1.53 bits per heavy atom. The van der Waals surface area contributed by atoms with Crippen molar-refractivity contribution in [3.05, 3.63) is 12.2 Å². The van der Waals surface area contributed by atoms with Crippen LogP contribution in [0.15, 0.2) is 12.2 Å². The van der Waals surface area contributed by atoms with Crippen LogP contribution in [0, 0.1) is 23.2 Å². The van der Waals surface area contributed by atoms with E-state index in [1.165, 1.54) is 18.4 Å². The van der Waals surface area contributed by atoms with E-state index in [1.807, 2.05) is 0 Å². The average molecular weight is 255 g/mol. The van der Waals surface area contributed by atoms with Gasteiger partial charge in [0.25, 0.3) is 0 Å². The van der Waals surface area contributed by atoms with E-state index >= 15 is 0 Å². The smallest absolute Gasteiger partial charge is 0.136 e. The lowest BCUT2D eigenvalue weighted by Crippen LogP contribution is -2.44. The summed E-state index contributed by atoms with van der Waals surface area (Å²) in [4.78, 5) is 11.9. The number of hydrogen-bond acceptors (Lipinski definition) is 1. The molecule has 0 radical (unpaired) electrons. The second kappa shape index (κ2) is 4.76. The lowest BCUT2D eigenvalue weighted by atomic mass is 9.54. The van der Waals surface area contributed by atoms with Gasteiger partial charge in [-0.25, -0.2) is 0 Å². The molecular formula is C15H23ClO. The SMILES string of the molecule is C=C(CCl)[C@@H]1CC[C@@]2(C)CCC(=O)[C@@H](C)[C@@H]2C1. The molecule has 0 spiro atoms. The van der Waals surface area contributed by atoms with Crippen LogP contribution in [-0.4, -0.2) is 11.7 Å². The Hall–Kier alpha value is -0.300. The number of allylic oxidation sites excluding steroid dienone is 1. The van der Waals surface area contributed by atoms with Gasteiger partial charge < -0.3 is 0 Å². The Bertz CT molecular complexity index is 336. The van der Waals surface area contributed by atoms with Gasteiger partial charge in [0.15, 0.2) is 0 Å². The van der Waals surface area contributed by atoms with Gasteiger partial charge in [-0.15, -0.1) is 11.6 Å². The number of hydrogen-bond donors (Lipinski definition) is 0. The maximum Gasteiger partial charge on any atom is 0.136 e. The highest BCUT2D eigenvalue weighted by Gasteiger charge is 2.47. The van der Waals surface area contributed by atoms with Gasteiger partial charge in [0.2, 0.25) is 0 Å². The monoisotopic (exact) mass is 254 g/mol. The van der Waals surface area contributed by atoms with Gasteiger partial charge in [-0.05, 0) is 42.9 Å². The summed E-state index contributed by atoms with van der Waals surface area (Å²) in [7, 11) is 0. The number of Topliss-reactive ketones (excluding diaryl/α,β-unsaturated/α-hetero) is 1. The fraction of sp³-hybridized carbons (Fsp3) is 0.800. The minimum Gasteiger partial charge on any atom is -0.299 e. The van der Waals surface area contributed by atoms with Crippen LogP contribution in [0.4, 0.5) is 0 Å². The summed E-state index contributed by atoms with van der Waals surface area (Å²) in [5.74, 6) is 2.35. The Morgan fingerprint density at radius 3 is 2.88 bits per heavy atom. The highest BCUT2D eigenvalue weighted by atomic mass is 35.5. The van der Waals surface area contributed by atoms with Crippen LogP contribution in [0.25, 0.3) is 0 Å². The largest absolute Gasteiger partial charge is 0.299 e. The summed E-state index contributed by atoms with van der Waals surface area (Å²) >= 11 is 5.89. The summed E-state index contributed by atoms with van der Waals surface area (Å²) in [6.45, 7) is 8.58. The molecule has 0 aliphatic heterocycles. The molecule has 4 atom stereocenters. The summed E-state index contributed by atoms with van der Waals surface area (Å²) in [6, 6.07) is 0. The first kappa shape index (κ1) is 13.1. The van der Waals surface area contributed by atoms with Crippen LogP contribution in [0.1, 0.15) is 46.0 Å². The van der Waals surface area contributed by atoms with E-state index in [-0.39, 0.29) is 5.92 Å². The Balaban J connectivity index is 2.15. The van der Waals surface area contributed by atoms with Gasteiger partial charge in [0.05, 0.1) is 0 Å². The molecule has 0 bridgehead atoms. The van der Waals surface area contributed by atoms with Gasteiger partial charge in [0.1, 0.15) is 5.78 Å². The fourth-order valence-corrected chi connectivity index (χ4v) is 4.08. The highest BCUT2D eigenvalue weighted by molar-refractivity contribution is 6.19. The Labute approximate surface area is 110 Å². The molecule has 2 rings (SSSR count). The minimum atomic E-state index is 0.236. The van der Waals surface area contributed by atoms with Crippen LogP contribution >= 0.6 is 11.6 Å². The van der Waals surface area contributed by atoms with Crippen molar-refractivity contribution >= 4 is 17.4 Å². The van der Waals surface area contributed by atoms with E-state index in [1.54, 1.807) is 0 Å². The van der Waals surface area contributed by atoms with E-state index in [0.717, 1.165) is 19.3 Å². The first-order valence-electron chi connectivity index (χ1n) is 6.74. The average Bonchev–Trinajstić information content (AvgIpc) is 2.33. The molecule has 2 fully saturated rings. The maximum atomic E-state index is 11.9. The molecular weight excluding hydrogens is 232 g/mol. The third kappa shape index (κ3) is 2.31. The van der Waals surface area contributed by atoms with Crippen molar-refractivity contribution in [2.24, 2.45) is 23.2 Å². The van der Waals surface area contributed by atoms with E-state index in [0.29, 0.717) is 28.9 Å². The maximum absolute atomic E-state index is 11.9. The van der Waals surface area contributed by atoms with Crippen molar-refractivity contribution < 1.29 is 4.79 Å². The fourth-order valence-electron chi connectivity index (χ4n) is 3.86. The summed E-state index contributed by atoms with van der Waals surface area (Å²) < 4.78 is 0. The van der Waals surface area contributed by atoms with Gasteiger partial charge in [0, 0.05) is 18.2 Å². The van der Waals surface area contributed by atoms with Crippen molar-refractivity contribution in [2.75, 3.05) is 5.88 Å². The predicted molar refractivity (Wildman–Crippen MR) is 72.2 cm³/mol. The van der Waals surface area contributed by atoms with E-state index in [9.17, 15) is 4.79 Å². The number of carbonyl (C=O) groups excluding carboxylic acids is 1. The molecule has 2 aliphatic carbocycles.